The van der Waals surface area contributed by atoms with Gasteiger partial charge in [0.05, 0.1) is 32.2 Å². The van der Waals surface area contributed by atoms with Crippen molar-refractivity contribution in [1.29, 1.82) is 0 Å². The number of H-pyrrole nitrogens is 1. The third kappa shape index (κ3) is 3.37. The number of hydrogen-bond donors (Lipinski definition) is 1. The lowest BCUT2D eigenvalue weighted by Crippen LogP contribution is -2.10. The first-order valence-electron chi connectivity index (χ1n) is 7.73. The summed E-state index contributed by atoms with van der Waals surface area (Å²) < 4.78 is 29.1. The van der Waals surface area contributed by atoms with Crippen LogP contribution in [0.25, 0.3) is 23.1 Å². The number of aromatic amines is 1. The maximum Gasteiger partial charge on any atom is 0.259 e. The maximum atomic E-state index is 13.7. The summed E-state index contributed by atoms with van der Waals surface area (Å²) in [5.41, 5.74) is 0.766. The van der Waals surface area contributed by atoms with E-state index in [0.29, 0.717) is 33.8 Å². The molecule has 0 atom stereocenters. The molecule has 0 bridgehead atoms. The number of nitrogens with zero attached hydrogens (tertiary/aromatic N) is 1. The molecule has 6 nitrogen and oxygen atoms in total. The van der Waals surface area contributed by atoms with Gasteiger partial charge in [-0.2, -0.15) is 0 Å². The van der Waals surface area contributed by atoms with E-state index in [-0.39, 0.29) is 11.3 Å². The number of halogens is 1. The van der Waals surface area contributed by atoms with E-state index >= 15 is 0 Å². The number of benzene rings is 2. The summed E-state index contributed by atoms with van der Waals surface area (Å²) in [5, 5.41) is 0.385. The lowest BCUT2D eigenvalue weighted by atomic mass is 10.2. The molecule has 0 saturated carbocycles. The molecule has 0 spiro atoms. The zero-order valence-corrected chi connectivity index (χ0v) is 14.5. The Morgan fingerprint density at radius 3 is 2.31 bits per heavy atom. The van der Waals surface area contributed by atoms with Crippen molar-refractivity contribution >= 4 is 23.1 Å². The van der Waals surface area contributed by atoms with Gasteiger partial charge in [-0.3, -0.25) is 4.79 Å². The summed E-state index contributed by atoms with van der Waals surface area (Å²) in [7, 11) is 4.41. The number of ether oxygens (including phenoxy) is 3. The van der Waals surface area contributed by atoms with Gasteiger partial charge in [0.2, 0.25) is 0 Å². The van der Waals surface area contributed by atoms with Gasteiger partial charge in [0.25, 0.3) is 5.56 Å². The van der Waals surface area contributed by atoms with Gasteiger partial charge in [-0.05, 0) is 29.8 Å². The first-order chi connectivity index (χ1) is 12.5. The minimum Gasteiger partial charge on any atom is -0.494 e. The highest BCUT2D eigenvalue weighted by Crippen LogP contribution is 2.30. The molecule has 0 radical (unpaired) electrons. The van der Waals surface area contributed by atoms with Crippen molar-refractivity contribution in [3.05, 3.63) is 57.9 Å². The van der Waals surface area contributed by atoms with Gasteiger partial charge in [0.15, 0.2) is 23.1 Å². The molecule has 2 aromatic carbocycles. The Balaban J connectivity index is 2.00. The van der Waals surface area contributed by atoms with Gasteiger partial charge in [0, 0.05) is 6.07 Å². The monoisotopic (exact) mass is 356 g/mol. The van der Waals surface area contributed by atoms with E-state index in [2.05, 4.69) is 9.97 Å². The number of nitrogens with one attached hydrogen (secondary N) is 1. The molecule has 7 heteroatoms. The SMILES string of the molecule is COc1ccc(/C=C/c2nc3cc(OC)c(OC)cc3c(=O)[nH]2)cc1F. The van der Waals surface area contributed by atoms with Crippen LogP contribution >= 0.6 is 0 Å². The van der Waals surface area contributed by atoms with Crippen LogP contribution in [-0.4, -0.2) is 31.3 Å². The molecular weight excluding hydrogens is 339 g/mol. The number of methoxy groups -OCH3 is 3. The molecule has 1 N–H and O–H groups in total. The second-order valence-electron chi connectivity index (χ2n) is 5.40. The van der Waals surface area contributed by atoms with Crippen LogP contribution in [0.15, 0.2) is 35.1 Å². The third-order valence-electron chi connectivity index (χ3n) is 3.84. The average Bonchev–Trinajstić information content (AvgIpc) is 2.65. The van der Waals surface area contributed by atoms with Crippen molar-refractivity contribution in [2.75, 3.05) is 21.3 Å². The Labute approximate surface area is 148 Å². The first kappa shape index (κ1) is 17.5. The summed E-state index contributed by atoms with van der Waals surface area (Å²) in [4.78, 5) is 19.4. The fourth-order valence-electron chi connectivity index (χ4n) is 2.52. The highest BCUT2D eigenvalue weighted by molar-refractivity contribution is 5.83. The van der Waals surface area contributed by atoms with Crippen LogP contribution in [0.5, 0.6) is 17.2 Å². The molecule has 0 saturated heterocycles. The summed E-state index contributed by atoms with van der Waals surface area (Å²) in [6, 6.07) is 7.77. The zero-order valence-electron chi connectivity index (χ0n) is 14.5. The molecule has 3 rings (SSSR count). The molecule has 0 fully saturated rings. The third-order valence-corrected chi connectivity index (χ3v) is 3.84. The molecule has 0 aliphatic rings. The lowest BCUT2D eigenvalue weighted by Gasteiger charge is -2.08. The summed E-state index contributed by atoms with van der Waals surface area (Å²) in [6.07, 6.45) is 3.24. The van der Waals surface area contributed by atoms with E-state index in [0.717, 1.165) is 0 Å². The lowest BCUT2D eigenvalue weighted by molar-refractivity contribution is 0.355. The molecule has 0 unspecified atom stereocenters. The number of fused-ring (bicyclic) bond motifs is 1. The standard InChI is InChI=1S/C19H17FN2O4/c1-24-15-6-4-11(8-13(15)20)5-7-18-21-14-10-17(26-3)16(25-2)9-12(14)19(23)22-18/h4-10H,1-3H3,(H,21,22,23)/b7-5+. The predicted molar refractivity (Wildman–Crippen MR) is 97.3 cm³/mol. The van der Waals surface area contributed by atoms with E-state index < -0.39 is 5.82 Å². The van der Waals surface area contributed by atoms with Crippen molar-refractivity contribution in [2.45, 2.75) is 0 Å². The van der Waals surface area contributed by atoms with E-state index in [1.54, 1.807) is 30.4 Å². The normalized spacial score (nSPS) is 11.1. The number of aromatic nitrogens is 2. The van der Waals surface area contributed by atoms with Gasteiger partial charge in [-0.25, -0.2) is 9.37 Å². The molecule has 0 aliphatic carbocycles. The van der Waals surface area contributed by atoms with Crippen LogP contribution in [0.1, 0.15) is 11.4 Å². The van der Waals surface area contributed by atoms with Crippen LogP contribution in [-0.2, 0) is 0 Å². The average molecular weight is 356 g/mol. The quantitative estimate of drug-likeness (QED) is 0.760. The smallest absolute Gasteiger partial charge is 0.259 e. The first-order valence-corrected chi connectivity index (χ1v) is 7.73. The van der Waals surface area contributed by atoms with Crippen LogP contribution in [0.4, 0.5) is 4.39 Å². The highest BCUT2D eigenvalue weighted by Gasteiger charge is 2.10. The highest BCUT2D eigenvalue weighted by atomic mass is 19.1. The fourth-order valence-corrected chi connectivity index (χ4v) is 2.52. The van der Waals surface area contributed by atoms with Crippen LogP contribution in [0.3, 0.4) is 0 Å². The maximum absolute atomic E-state index is 13.7. The van der Waals surface area contributed by atoms with Gasteiger partial charge in [0.1, 0.15) is 5.82 Å². The van der Waals surface area contributed by atoms with Crippen LogP contribution in [0, 0.1) is 5.82 Å². The van der Waals surface area contributed by atoms with Crippen molar-refractivity contribution in [3.63, 3.8) is 0 Å². The minimum absolute atomic E-state index is 0.167. The van der Waals surface area contributed by atoms with Crippen molar-refractivity contribution in [3.8, 4) is 17.2 Å². The van der Waals surface area contributed by atoms with Crippen LogP contribution in [0.2, 0.25) is 0 Å². The van der Waals surface area contributed by atoms with Gasteiger partial charge < -0.3 is 19.2 Å². The number of rotatable bonds is 5. The van der Waals surface area contributed by atoms with Crippen molar-refractivity contribution in [1.82, 2.24) is 9.97 Å². The Hall–Kier alpha value is -3.35. The minimum atomic E-state index is -0.466. The molecule has 0 aliphatic heterocycles. The van der Waals surface area contributed by atoms with E-state index in [9.17, 15) is 9.18 Å². The van der Waals surface area contributed by atoms with E-state index in [4.69, 9.17) is 14.2 Å². The molecule has 134 valence electrons. The summed E-state index contributed by atoms with van der Waals surface area (Å²) >= 11 is 0. The Kier molecular flexibility index (Phi) is 4.88. The second-order valence-corrected chi connectivity index (χ2v) is 5.40. The molecule has 1 aromatic heterocycles. The van der Waals surface area contributed by atoms with Crippen LogP contribution < -0.4 is 19.8 Å². The molecule has 26 heavy (non-hydrogen) atoms. The molecular formula is C19H17FN2O4. The number of hydrogen-bond acceptors (Lipinski definition) is 5. The van der Waals surface area contributed by atoms with Gasteiger partial charge in [-0.1, -0.05) is 12.1 Å². The van der Waals surface area contributed by atoms with Gasteiger partial charge in [-0.15, -0.1) is 0 Å². The molecule has 3 aromatic rings. The Morgan fingerprint density at radius 2 is 1.65 bits per heavy atom. The van der Waals surface area contributed by atoms with Gasteiger partial charge >= 0.3 is 0 Å². The Bertz CT molecular complexity index is 1040. The summed E-state index contributed by atoms with van der Waals surface area (Å²) in [5.74, 6) is 0.965. The predicted octanol–water partition coefficient (Wildman–Crippen LogP) is 3.26. The zero-order chi connectivity index (χ0) is 18.7. The largest absolute Gasteiger partial charge is 0.494 e. The summed E-state index contributed by atoms with van der Waals surface area (Å²) in [6.45, 7) is 0. The van der Waals surface area contributed by atoms with E-state index in [1.807, 2.05) is 0 Å². The second kappa shape index (κ2) is 7.26. The molecule has 0 amide bonds. The Morgan fingerprint density at radius 1 is 0.962 bits per heavy atom. The molecule has 1 heterocycles. The van der Waals surface area contributed by atoms with E-state index in [1.165, 1.54) is 33.5 Å². The fraction of sp³-hybridized carbons (Fsp3) is 0.158. The van der Waals surface area contributed by atoms with Crippen molar-refractivity contribution in [2.24, 2.45) is 0 Å². The van der Waals surface area contributed by atoms with Crippen molar-refractivity contribution < 1.29 is 18.6 Å². The topological polar surface area (TPSA) is 73.4 Å².